The number of nitrogens with one attached hydrogen (secondary N) is 1. The molecule has 0 rings (SSSR count). The molecule has 18 heavy (non-hydrogen) atoms. The molecule has 0 bridgehead atoms. The fourth-order valence-electron chi connectivity index (χ4n) is 2.58. The highest BCUT2D eigenvalue weighted by Crippen LogP contribution is 2.21. The Bertz CT molecular complexity index is 220. The normalized spacial score (nSPS) is 16.6. The lowest BCUT2D eigenvalue weighted by Gasteiger charge is -2.18. The van der Waals surface area contributed by atoms with E-state index in [1.54, 1.807) is 0 Å². The molecule has 108 valence electrons. The Morgan fingerprint density at radius 2 is 1.39 bits per heavy atom. The zero-order valence-electron chi connectivity index (χ0n) is 13.6. The zero-order valence-corrected chi connectivity index (χ0v) is 13.6. The van der Waals surface area contributed by atoms with Gasteiger partial charge in [0, 0.05) is 5.71 Å². The van der Waals surface area contributed by atoms with E-state index in [0.717, 1.165) is 30.4 Å². The lowest BCUT2D eigenvalue weighted by molar-refractivity contribution is 0.408. The number of hydrogen-bond donors (Lipinski definition) is 1. The Balaban J connectivity index is 3.81. The van der Waals surface area contributed by atoms with Crippen molar-refractivity contribution in [1.82, 2.24) is 0 Å². The Hall–Kier alpha value is -0.330. The van der Waals surface area contributed by atoms with Crippen LogP contribution in [0.25, 0.3) is 0 Å². The molecular weight excluding hydrogens is 218 g/mol. The van der Waals surface area contributed by atoms with Crippen LogP contribution in [-0.2, 0) is 0 Å². The maximum Gasteiger partial charge on any atom is 0.00944 e. The number of hydrogen-bond acceptors (Lipinski definition) is 1. The summed E-state index contributed by atoms with van der Waals surface area (Å²) in [6, 6.07) is 0. The summed E-state index contributed by atoms with van der Waals surface area (Å²) in [7, 11) is 0. The second-order valence-electron chi connectivity index (χ2n) is 6.94. The van der Waals surface area contributed by atoms with Crippen molar-refractivity contribution in [2.75, 3.05) is 0 Å². The second-order valence-corrected chi connectivity index (χ2v) is 6.94. The highest BCUT2D eigenvalue weighted by Gasteiger charge is 2.12. The SMILES string of the molecule is CCC(C)CC(C)CC(=N)CC(C)CCC(C)C. The van der Waals surface area contributed by atoms with Crippen molar-refractivity contribution in [3.63, 3.8) is 0 Å². The molecule has 0 aliphatic heterocycles. The first-order chi connectivity index (χ1) is 8.35. The molecule has 0 radical (unpaired) electrons. The molecule has 0 spiro atoms. The lowest BCUT2D eigenvalue weighted by atomic mass is 9.88. The molecule has 0 aromatic heterocycles. The fourth-order valence-corrected chi connectivity index (χ4v) is 2.58. The summed E-state index contributed by atoms with van der Waals surface area (Å²) in [6.07, 6.45) is 7.15. The molecule has 0 saturated carbocycles. The molecule has 3 atom stereocenters. The zero-order chi connectivity index (χ0) is 14.1. The third kappa shape index (κ3) is 9.67. The predicted molar refractivity (Wildman–Crippen MR) is 83.4 cm³/mol. The first-order valence-electron chi connectivity index (χ1n) is 7.91. The Morgan fingerprint density at radius 3 is 1.89 bits per heavy atom. The van der Waals surface area contributed by atoms with Crippen LogP contribution >= 0.6 is 0 Å². The third-order valence-corrected chi connectivity index (χ3v) is 3.93. The molecule has 0 aliphatic rings. The van der Waals surface area contributed by atoms with Gasteiger partial charge in [-0.1, -0.05) is 60.8 Å². The van der Waals surface area contributed by atoms with Crippen molar-refractivity contribution in [2.24, 2.45) is 23.7 Å². The smallest absolute Gasteiger partial charge is 0.00944 e. The maximum atomic E-state index is 8.14. The van der Waals surface area contributed by atoms with Crippen molar-refractivity contribution >= 4 is 5.71 Å². The molecule has 0 saturated heterocycles. The van der Waals surface area contributed by atoms with Gasteiger partial charge in [-0.25, -0.2) is 0 Å². The van der Waals surface area contributed by atoms with Crippen molar-refractivity contribution in [3.05, 3.63) is 0 Å². The van der Waals surface area contributed by atoms with E-state index >= 15 is 0 Å². The summed E-state index contributed by atoms with van der Waals surface area (Å²) in [4.78, 5) is 0. The Labute approximate surface area is 115 Å². The predicted octanol–water partition coefficient (Wildman–Crippen LogP) is 5.93. The molecule has 0 aromatic carbocycles. The largest absolute Gasteiger partial charge is 0.310 e. The van der Waals surface area contributed by atoms with Gasteiger partial charge in [0.05, 0.1) is 0 Å². The molecule has 0 aromatic rings. The van der Waals surface area contributed by atoms with E-state index in [4.69, 9.17) is 5.41 Å². The summed E-state index contributed by atoms with van der Waals surface area (Å²) in [6.45, 7) is 13.8. The van der Waals surface area contributed by atoms with Gasteiger partial charge >= 0.3 is 0 Å². The molecule has 0 heterocycles. The van der Waals surface area contributed by atoms with Crippen LogP contribution in [0.2, 0.25) is 0 Å². The van der Waals surface area contributed by atoms with E-state index in [0.29, 0.717) is 11.8 Å². The first-order valence-corrected chi connectivity index (χ1v) is 7.91. The van der Waals surface area contributed by atoms with Gasteiger partial charge < -0.3 is 5.41 Å². The molecule has 0 fully saturated rings. The molecular formula is C17H35N. The van der Waals surface area contributed by atoms with Crippen molar-refractivity contribution in [2.45, 2.75) is 80.1 Å². The van der Waals surface area contributed by atoms with Crippen LogP contribution in [-0.4, -0.2) is 5.71 Å². The van der Waals surface area contributed by atoms with Gasteiger partial charge in [-0.3, -0.25) is 0 Å². The summed E-state index contributed by atoms with van der Waals surface area (Å²) < 4.78 is 0. The van der Waals surface area contributed by atoms with Crippen molar-refractivity contribution < 1.29 is 0 Å². The minimum Gasteiger partial charge on any atom is -0.310 e. The van der Waals surface area contributed by atoms with Crippen LogP contribution < -0.4 is 0 Å². The van der Waals surface area contributed by atoms with Gasteiger partial charge in [-0.15, -0.1) is 0 Å². The van der Waals surface area contributed by atoms with E-state index in [9.17, 15) is 0 Å². The second kappa shape index (κ2) is 9.58. The monoisotopic (exact) mass is 253 g/mol. The molecule has 0 aliphatic carbocycles. The minimum absolute atomic E-state index is 0.685. The van der Waals surface area contributed by atoms with E-state index in [-0.39, 0.29) is 0 Å². The fraction of sp³-hybridized carbons (Fsp3) is 0.941. The average molecular weight is 253 g/mol. The molecule has 3 unspecified atom stereocenters. The Kier molecular flexibility index (Phi) is 9.40. The standard InChI is InChI=1S/C17H35N/c1-7-14(4)10-16(6)12-17(18)11-15(5)9-8-13(2)3/h13-16,18H,7-12H2,1-6H3. The topological polar surface area (TPSA) is 23.9 Å². The lowest BCUT2D eigenvalue weighted by Crippen LogP contribution is -2.11. The quantitative estimate of drug-likeness (QED) is 0.466. The summed E-state index contributed by atoms with van der Waals surface area (Å²) in [5.74, 6) is 2.98. The van der Waals surface area contributed by atoms with Gasteiger partial charge in [0.1, 0.15) is 0 Å². The molecule has 1 heteroatoms. The van der Waals surface area contributed by atoms with Crippen LogP contribution in [0.3, 0.4) is 0 Å². The maximum absolute atomic E-state index is 8.14. The van der Waals surface area contributed by atoms with Crippen LogP contribution in [0.4, 0.5) is 0 Å². The molecule has 0 amide bonds. The minimum atomic E-state index is 0.685. The van der Waals surface area contributed by atoms with E-state index in [2.05, 4.69) is 41.5 Å². The van der Waals surface area contributed by atoms with Gasteiger partial charge in [0.2, 0.25) is 0 Å². The first kappa shape index (κ1) is 17.7. The van der Waals surface area contributed by atoms with Gasteiger partial charge in [0.15, 0.2) is 0 Å². The molecule has 1 nitrogen and oxygen atoms in total. The highest BCUT2D eigenvalue weighted by atomic mass is 14.4. The summed E-state index contributed by atoms with van der Waals surface area (Å²) >= 11 is 0. The highest BCUT2D eigenvalue weighted by molar-refractivity contribution is 5.81. The van der Waals surface area contributed by atoms with E-state index < -0.39 is 0 Å². The van der Waals surface area contributed by atoms with E-state index in [1.807, 2.05) is 0 Å². The summed E-state index contributed by atoms with van der Waals surface area (Å²) in [5, 5.41) is 8.14. The van der Waals surface area contributed by atoms with Crippen LogP contribution in [0, 0.1) is 29.1 Å². The average Bonchev–Trinajstić information content (AvgIpc) is 2.25. The van der Waals surface area contributed by atoms with Crippen LogP contribution in [0.15, 0.2) is 0 Å². The number of rotatable bonds is 10. The van der Waals surface area contributed by atoms with Gasteiger partial charge in [-0.2, -0.15) is 0 Å². The van der Waals surface area contributed by atoms with Crippen LogP contribution in [0.5, 0.6) is 0 Å². The molecule has 1 N–H and O–H groups in total. The van der Waals surface area contributed by atoms with Crippen molar-refractivity contribution in [3.8, 4) is 0 Å². The van der Waals surface area contributed by atoms with E-state index in [1.165, 1.54) is 25.7 Å². The van der Waals surface area contributed by atoms with Gasteiger partial charge in [-0.05, 0) is 42.9 Å². The summed E-state index contributed by atoms with van der Waals surface area (Å²) in [5.41, 5.74) is 0.974. The van der Waals surface area contributed by atoms with Crippen LogP contribution in [0.1, 0.15) is 80.1 Å². The third-order valence-electron chi connectivity index (χ3n) is 3.93. The Morgan fingerprint density at radius 1 is 0.833 bits per heavy atom. The van der Waals surface area contributed by atoms with Crippen molar-refractivity contribution in [1.29, 1.82) is 5.41 Å². The van der Waals surface area contributed by atoms with Gasteiger partial charge in [0.25, 0.3) is 0 Å².